The molecule has 0 radical (unpaired) electrons. The summed E-state index contributed by atoms with van der Waals surface area (Å²) in [7, 11) is 3.19. The predicted octanol–water partition coefficient (Wildman–Crippen LogP) is 1.95. The van der Waals surface area contributed by atoms with E-state index in [0.717, 1.165) is 24.2 Å². The lowest BCUT2D eigenvalue weighted by molar-refractivity contribution is -0.122. The number of methoxy groups -OCH3 is 2. The third kappa shape index (κ3) is 3.24. The van der Waals surface area contributed by atoms with Crippen LogP contribution in [0.1, 0.15) is 25.3 Å². The number of hydrazone groups is 1. The van der Waals surface area contributed by atoms with Crippen LogP contribution < -0.4 is 14.9 Å². The van der Waals surface area contributed by atoms with Gasteiger partial charge in [-0.05, 0) is 31.9 Å². The maximum Gasteiger partial charge on any atom is 0.243 e. The van der Waals surface area contributed by atoms with Crippen LogP contribution in [0.15, 0.2) is 23.3 Å². The highest BCUT2D eigenvalue weighted by atomic mass is 16.5. The molecule has 1 saturated carbocycles. The smallest absolute Gasteiger partial charge is 0.243 e. The number of nitrogens with one attached hydrogen (secondary N) is 1. The highest BCUT2D eigenvalue weighted by Crippen LogP contribution is 2.29. The molecule has 1 N–H and O–H groups in total. The molecular formula is C14H18N2O3. The number of nitrogens with zero attached hydrogens (tertiary/aromatic N) is 1. The number of carbonyl (C=O) groups is 1. The monoisotopic (exact) mass is 262 g/mol. The standard InChI is InChI=1S/C14H18N2O3/c1-9(15-16-14(17)10-4-5-10)12-7-6-11(18-2)8-13(12)19-3/h6-8,10H,4-5H2,1-3H3,(H,16,17)/b15-9-. The van der Waals surface area contributed by atoms with Crippen molar-refractivity contribution in [2.75, 3.05) is 14.2 Å². The number of carbonyl (C=O) groups excluding carboxylic acids is 1. The van der Waals surface area contributed by atoms with Crippen molar-refractivity contribution < 1.29 is 14.3 Å². The summed E-state index contributed by atoms with van der Waals surface area (Å²) in [5.74, 6) is 1.53. The molecule has 1 amide bonds. The second-order valence-electron chi connectivity index (χ2n) is 4.51. The molecule has 19 heavy (non-hydrogen) atoms. The van der Waals surface area contributed by atoms with Gasteiger partial charge in [-0.2, -0.15) is 5.10 Å². The van der Waals surface area contributed by atoms with E-state index in [2.05, 4.69) is 10.5 Å². The molecule has 0 atom stereocenters. The molecule has 0 heterocycles. The topological polar surface area (TPSA) is 59.9 Å². The normalized spacial score (nSPS) is 15.0. The number of amides is 1. The van der Waals surface area contributed by atoms with Gasteiger partial charge in [-0.1, -0.05) is 0 Å². The third-order valence-electron chi connectivity index (χ3n) is 3.08. The van der Waals surface area contributed by atoms with Gasteiger partial charge in [-0.25, -0.2) is 5.43 Å². The Morgan fingerprint density at radius 2 is 2.05 bits per heavy atom. The van der Waals surface area contributed by atoms with E-state index < -0.39 is 0 Å². The summed E-state index contributed by atoms with van der Waals surface area (Å²) in [6.07, 6.45) is 1.93. The van der Waals surface area contributed by atoms with Crippen LogP contribution >= 0.6 is 0 Å². The van der Waals surface area contributed by atoms with Crippen LogP contribution in [0.4, 0.5) is 0 Å². The predicted molar refractivity (Wildman–Crippen MR) is 72.6 cm³/mol. The van der Waals surface area contributed by atoms with Gasteiger partial charge in [0.2, 0.25) is 5.91 Å². The molecule has 1 fully saturated rings. The van der Waals surface area contributed by atoms with E-state index in [1.807, 2.05) is 19.1 Å². The lowest BCUT2D eigenvalue weighted by Gasteiger charge is -2.10. The molecule has 5 heteroatoms. The average Bonchev–Trinajstić information content (AvgIpc) is 3.28. The molecule has 102 valence electrons. The van der Waals surface area contributed by atoms with Gasteiger partial charge in [-0.3, -0.25) is 4.79 Å². The van der Waals surface area contributed by atoms with Crippen LogP contribution in [0.3, 0.4) is 0 Å². The van der Waals surface area contributed by atoms with Crippen molar-refractivity contribution in [3.05, 3.63) is 23.8 Å². The number of rotatable bonds is 5. The summed E-state index contributed by atoms with van der Waals surface area (Å²) in [6, 6.07) is 5.48. The van der Waals surface area contributed by atoms with Gasteiger partial charge >= 0.3 is 0 Å². The first-order valence-corrected chi connectivity index (χ1v) is 6.22. The minimum absolute atomic E-state index is 0.00757. The molecule has 1 aromatic rings. The lowest BCUT2D eigenvalue weighted by atomic mass is 10.1. The molecule has 2 rings (SSSR count). The van der Waals surface area contributed by atoms with Gasteiger partial charge < -0.3 is 9.47 Å². The molecule has 0 spiro atoms. The van der Waals surface area contributed by atoms with E-state index >= 15 is 0 Å². The van der Waals surface area contributed by atoms with Crippen LogP contribution in [0.2, 0.25) is 0 Å². The first-order chi connectivity index (χ1) is 9.15. The number of ether oxygens (including phenoxy) is 2. The summed E-state index contributed by atoms with van der Waals surface area (Å²) in [5, 5.41) is 4.12. The summed E-state index contributed by atoms with van der Waals surface area (Å²) in [4.78, 5) is 11.5. The van der Waals surface area contributed by atoms with E-state index in [4.69, 9.17) is 9.47 Å². The largest absolute Gasteiger partial charge is 0.497 e. The van der Waals surface area contributed by atoms with Crippen molar-refractivity contribution in [2.45, 2.75) is 19.8 Å². The summed E-state index contributed by atoms with van der Waals surface area (Å²) in [5.41, 5.74) is 4.12. The van der Waals surface area contributed by atoms with E-state index in [0.29, 0.717) is 11.5 Å². The Hall–Kier alpha value is -2.04. The van der Waals surface area contributed by atoms with E-state index in [9.17, 15) is 4.79 Å². The van der Waals surface area contributed by atoms with Crippen LogP contribution in [0.25, 0.3) is 0 Å². The zero-order chi connectivity index (χ0) is 13.8. The second kappa shape index (κ2) is 5.73. The van der Waals surface area contributed by atoms with Gasteiger partial charge in [0.25, 0.3) is 0 Å². The van der Waals surface area contributed by atoms with Crippen molar-refractivity contribution in [1.82, 2.24) is 5.43 Å². The fraction of sp³-hybridized carbons (Fsp3) is 0.429. The Morgan fingerprint density at radius 3 is 2.63 bits per heavy atom. The minimum Gasteiger partial charge on any atom is -0.497 e. The molecule has 0 aliphatic heterocycles. The average molecular weight is 262 g/mol. The van der Waals surface area contributed by atoms with Crippen LogP contribution in [0.5, 0.6) is 11.5 Å². The van der Waals surface area contributed by atoms with Crippen LogP contribution in [-0.2, 0) is 4.79 Å². The third-order valence-corrected chi connectivity index (χ3v) is 3.08. The fourth-order valence-corrected chi connectivity index (χ4v) is 1.73. The van der Waals surface area contributed by atoms with E-state index in [1.54, 1.807) is 20.3 Å². The molecule has 0 unspecified atom stereocenters. The van der Waals surface area contributed by atoms with Gasteiger partial charge in [0.05, 0.1) is 19.9 Å². The van der Waals surface area contributed by atoms with Crippen molar-refractivity contribution in [2.24, 2.45) is 11.0 Å². The van der Waals surface area contributed by atoms with Crippen molar-refractivity contribution in [1.29, 1.82) is 0 Å². The number of hydrogen-bond acceptors (Lipinski definition) is 4. The highest BCUT2D eigenvalue weighted by molar-refractivity contribution is 6.01. The molecule has 1 aliphatic rings. The molecule has 0 saturated heterocycles. The Labute approximate surface area is 112 Å². The summed E-state index contributed by atoms with van der Waals surface area (Å²) < 4.78 is 10.4. The lowest BCUT2D eigenvalue weighted by Crippen LogP contribution is -2.20. The quantitative estimate of drug-likeness (QED) is 0.651. The van der Waals surface area contributed by atoms with Crippen molar-refractivity contribution in [3.8, 4) is 11.5 Å². The first kappa shape index (κ1) is 13.4. The zero-order valence-corrected chi connectivity index (χ0v) is 11.4. The number of benzene rings is 1. The molecule has 5 nitrogen and oxygen atoms in total. The zero-order valence-electron chi connectivity index (χ0n) is 11.4. The molecule has 1 aliphatic carbocycles. The second-order valence-corrected chi connectivity index (χ2v) is 4.51. The summed E-state index contributed by atoms with van der Waals surface area (Å²) in [6.45, 7) is 1.83. The Kier molecular flexibility index (Phi) is 4.04. The van der Waals surface area contributed by atoms with Crippen LogP contribution in [-0.4, -0.2) is 25.8 Å². The van der Waals surface area contributed by atoms with Gasteiger partial charge in [0.15, 0.2) is 0 Å². The van der Waals surface area contributed by atoms with E-state index in [-0.39, 0.29) is 11.8 Å². The minimum atomic E-state index is -0.00757. The molecule has 0 aromatic heterocycles. The molecule has 0 bridgehead atoms. The molecular weight excluding hydrogens is 244 g/mol. The maximum atomic E-state index is 11.5. The summed E-state index contributed by atoms with van der Waals surface area (Å²) >= 11 is 0. The van der Waals surface area contributed by atoms with Gasteiger partial charge in [0, 0.05) is 17.5 Å². The van der Waals surface area contributed by atoms with Gasteiger partial charge in [-0.15, -0.1) is 0 Å². The van der Waals surface area contributed by atoms with E-state index in [1.165, 1.54) is 0 Å². The van der Waals surface area contributed by atoms with Crippen molar-refractivity contribution in [3.63, 3.8) is 0 Å². The maximum absolute atomic E-state index is 11.5. The Morgan fingerprint density at radius 1 is 1.32 bits per heavy atom. The van der Waals surface area contributed by atoms with Gasteiger partial charge in [0.1, 0.15) is 11.5 Å². The van der Waals surface area contributed by atoms with Crippen molar-refractivity contribution >= 4 is 11.6 Å². The highest BCUT2D eigenvalue weighted by Gasteiger charge is 2.29. The van der Waals surface area contributed by atoms with Crippen LogP contribution in [0, 0.1) is 5.92 Å². The Bertz CT molecular complexity index is 507. The molecule has 1 aromatic carbocycles. The Balaban J connectivity index is 2.14. The SMILES string of the molecule is COc1ccc(/C(C)=N\NC(=O)C2CC2)c(OC)c1. The number of hydrogen-bond donors (Lipinski definition) is 1. The fourth-order valence-electron chi connectivity index (χ4n) is 1.73. The first-order valence-electron chi connectivity index (χ1n) is 6.22.